The average molecular weight is 273 g/mol. The zero-order valence-corrected chi connectivity index (χ0v) is 11.2. The molecule has 3 rings (SSSR count). The fraction of sp³-hybridized carbons (Fsp3) is 0.250. The topological polar surface area (TPSA) is 44.5 Å². The highest BCUT2D eigenvalue weighted by atomic mass is 19.1. The van der Waals surface area contributed by atoms with Crippen molar-refractivity contribution in [2.24, 2.45) is 5.73 Å². The van der Waals surface area contributed by atoms with Crippen LogP contribution in [-0.2, 0) is 0 Å². The Morgan fingerprint density at radius 3 is 2.75 bits per heavy atom. The molecule has 0 bridgehead atoms. The number of hydrogen-bond donors (Lipinski definition) is 1. The molecular formula is C16H16FNO2. The predicted molar refractivity (Wildman–Crippen MR) is 74.3 cm³/mol. The van der Waals surface area contributed by atoms with E-state index in [0.717, 1.165) is 5.56 Å². The summed E-state index contributed by atoms with van der Waals surface area (Å²) in [6.45, 7) is 0. The number of fused-ring (bicyclic) bond motifs is 1. The summed E-state index contributed by atoms with van der Waals surface area (Å²) in [6.07, 6.45) is 0.186. The quantitative estimate of drug-likeness (QED) is 0.912. The van der Waals surface area contributed by atoms with Crippen LogP contribution in [0.15, 0.2) is 42.5 Å². The molecular weight excluding hydrogens is 257 g/mol. The van der Waals surface area contributed by atoms with Gasteiger partial charge in [-0.05, 0) is 12.1 Å². The van der Waals surface area contributed by atoms with Crippen LogP contribution in [0.4, 0.5) is 4.39 Å². The minimum Gasteiger partial charge on any atom is -0.497 e. The Bertz CT molecular complexity index is 630. The van der Waals surface area contributed by atoms with Gasteiger partial charge >= 0.3 is 0 Å². The maximum absolute atomic E-state index is 13.9. The van der Waals surface area contributed by atoms with E-state index in [1.807, 2.05) is 12.1 Å². The van der Waals surface area contributed by atoms with Crippen molar-refractivity contribution < 1.29 is 13.9 Å². The molecule has 2 N–H and O–H groups in total. The molecule has 0 radical (unpaired) electrons. The van der Waals surface area contributed by atoms with Gasteiger partial charge in [-0.15, -0.1) is 0 Å². The first-order chi connectivity index (χ1) is 9.69. The third kappa shape index (κ3) is 2.23. The molecule has 0 fully saturated rings. The molecule has 2 aromatic carbocycles. The van der Waals surface area contributed by atoms with Crippen LogP contribution in [-0.4, -0.2) is 7.11 Å². The molecule has 1 aliphatic rings. The fourth-order valence-electron chi connectivity index (χ4n) is 2.54. The largest absolute Gasteiger partial charge is 0.497 e. The lowest BCUT2D eigenvalue weighted by atomic mass is 9.93. The van der Waals surface area contributed by atoms with Crippen LogP contribution in [0.25, 0.3) is 0 Å². The van der Waals surface area contributed by atoms with Crippen LogP contribution >= 0.6 is 0 Å². The molecule has 104 valence electrons. The van der Waals surface area contributed by atoms with Gasteiger partial charge in [-0.2, -0.15) is 0 Å². The Morgan fingerprint density at radius 1 is 1.20 bits per heavy atom. The highest BCUT2D eigenvalue weighted by Crippen LogP contribution is 2.41. The average Bonchev–Trinajstić information content (AvgIpc) is 2.47. The zero-order chi connectivity index (χ0) is 14.1. The SMILES string of the molecule is COc1ccc2c(c1)OC(c1ccccc1F)C[C@H]2N. The maximum Gasteiger partial charge on any atom is 0.130 e. The Kier molecular flexibility index (Phi) is 3.32. The molecule has 2 atom stereocenters. The van der Waals surface area contributed by atoms with E-state index in [1.165, 1.54) is 6.07 Å². The summed E-state index contributed by atoms with van der Waals surface area (Å²) in [5.41, 5.74) is 7.64. The normalized spacial score (nSPS) is 20.9. The molecule has 0 saturated carbocycles. The minimum atomic E-state index is -0.370. The maximum atomic E-state index is 13.9. The molecule has 0 saturated heterocycles. The molecule has 0 aliphatic carbocycles. The summed E-state index contributed by atoms with van der Waals surface area (Å²) in [5.74, 6) is 1.09. The highest BCUT2D eigenvalue weighted by molar-refractivity contribution is 5.44. The van der Waals surface area contributed by atoms with Crippen LogP contribution < -0.4 is 15.2 Å². The van der Waals surface area contributed by atoms with E-state index < -0.39 is 0 Å². The monoisotopic (exact) mass is 273 g/mol. The van der Waals surface area contributed by atoms with E-state index in [2.05, 4.69) is 0 Å². The summed E-state index contributed by atoms with van der Waals surface area (Å²) in [7, 11) is 1.60. The van der Waals surface area contributed by atoms with Crippen LogP contribution in [0.3, 0.4) is 0 Å². The second-order valence-electron chi connectivity index (χ2n) is 4.87. The number of methoxy groups -OCH3 is 1. The molecule has 3 nitrogen and oxygen atoms in total. The van der Waals surface area contributed by atoms with Crippen molar-refractivity contribution >= 4 is 0 Å². The first-order valence-electron chi connectivity index (χ1n) is 6.53. The summed E-state index contributed by atoms with van der Waals surface area (Å²) in [6, 6.07) is 12.0. The van der Waals surface area contributed by atoms with E-state index in [1.54, 1.807) is 31.4 Å². The van der Waals surface area contributed by atoms with Crippen molar-refractivity contribution in [1.29, 1.82) is 0 Å². The summed E-state index contributed by atoms with van der Waals surface area (Å²) in [4.78, 5) is 0. The molecule has 0 aromatic heterocycles. The van der Waals surface area contributed by atoms with Crippen molar-refractivity contribution in [3.8, 4) is 11.5 Å². The molecule has 4 heteroatoms. The number of benzene rings is 2. The third-order valence-corrected chi connectivity index (χ3v) is 3.61. The molecule has 1 heterocycles. The van der Waals surface area contributed by atoms with Crippen LogP contribution in [0.5, 0.6) is 11.5 Å². The van der Waals surface area contributed by atoms with E-state index in [4.69, 9.17) is 15.2 Å². The number of hydrogen-bond acceptors (Lipinski definition) is 3. The number of halogens is 1. The lowest BCUT2D eigenvalue weighted by molar-refractivity contribution is 0.156. The van der Waals surface area contributed by atoms with Crippen molar-refractivity contribution in [3.63, 3.8) is 0 Å². The van der Waals surface area contributed by atoms with Gasteiger partial charge in [0, 0.05) is 29.7 Å². The first-order valence-corrected chi connectivity index (χ1v) is 6.53. The second kappa shape index (κ2) is 5.13. The van der Waals surface area contributed by atoms with Crippen molar-refractivity contribution in [3.05, 3.63) is 59.4 Å². The summed E-state index contributed by atoms with van der Waals surface area (Å²) < 4.78 is 25.0. The van der Waals surface area contributed by atoms with Gasteiger partial charge in [0.1, 0.15) is 23.4 Å². The van der Waals surface area contributed by atoms with Crippen molar-refractivity contribution in [2.75, 3.05) is 7.11 Å². The molecule has 0 amide bonds. The third-order valence-electron chi connectivity index (χ3n) is 3.61. The van der Waals surface area contributed by atoms with E-state index in [9.17, 15) is 4.39 Å². The van der Waals surface area contributed by atoms with Gasteiger partial charge in [0.25, 0.3) is 0 Å². The predicted octanol–water partition coefficient (Wildman–Crippen LogP) is 3.36. The summed E-state index contributed by atoms with van der Waals surface area (Å²) >= 11 is 0. The number of nitrogens with two attached hydrogens (primary N) is 1. The van der Waals surface area contributed by atoms with Gasteiger partial charge in [-0.1, -0.05) is 24.3 Å². The molecule has 2 aromatic rings. The first kappa shape index (κ1) is 12.9. The summed E-state index contributed by atoms with van der Waals surface area (Å²) in [5, 5.41) is 0. The van der Waals surface area contributed by atoms with Gasteiger partial charge in [-0.3, -0.25) is 0 Å². The zero-order valence-electron chi connectivity index (χ0n) is 11.2. The van der Waals surface area contributed by atoms with Crippen LogP contribution in [0.2, 0.25) is 0 Å². The van der Waals surface area contributed by atoms with Gasteiger partial charge in [0.05, 0.1) is 7.11 Å². The standard InChI is InChI=1S/C16H16FNO2/c1-19-10-6-7-12-14(18)9-16(20-15(12)8-10)11-4-2-3-5-13(11)17/h2-8,14,16H,9,18H2,1H3/t14-,16?/m1/s1. The lowest BCUT2D eigenvalue weighted by Crippen LogP contribution is -2.24. The van der Waals surface area contributed by atoms with E-state index >= 15 is 0 Å². The van der Waals surface area contributed by atoms with Gasteiger partial charge in [-0.25, -0.2) is 4.39 Å². The fourth-order valence-corrected chi connectivity index (χ4v) is 2.54. The van der Waals surface area contributed by atoms with Crippen LogP contribution in [0, 0.1) is 5.82 Å². The Labute approximate surface area is 117 Å². The van der Waals surface area contributed by atoms with Crippen molar-refractivity contribution in [1.82, 2.24) is 0 Å². The molecule has 1 unspecified atom stereocenters. The Hall–Kier alpha value is -2.07. The highest BCUT2D eigenvalue weighted by Gasteiger charge is 2.28. The van der Waals surface area contributed by atoms with Crippen molar-refractivity contribution in [2.45, 2.75) is 18.6 Å². The number of rotatable bonds is 2. The smallest absolute Gasteiger partial charge is 0.130 e. The molecule has 1 aliphatic heterocycles. The molecule has 20 heavy (non-hydrogen) atoms. The van der Waals surface area contributed by atoms with E-state index in [-0.39, 0.29) is 18.0 Å². The van der Waals surface area contributed by atoms with Gasteiger partial charge in [0.15, 0.2) is 0 Å². The Balaban J connectivity index is 1.97. The van der Waals surface area contributed by atoms with E-state index in [0.29, 0.717) is 23.5 Å². The number of ether oxygens (including phenoxy) is 2. The minimum absolute atomic E-state index is 0.172. The van der Waals surface area contributed by atoms with Crippen LogP contribution in [0.1, 0.15) is 29.7 Å². The Morgan fingerprint density at radius 2 is 2.00 bits per heavy atom. The van der Waals surface area contributed by atoms with Gasteiger partial charge in [0.2, 0.25) is 0 Å². The second-order valence-corrected chi connectivity index (χ2v) is 4.87. The van der Waals surface area contributed by atoms with Gasteiger partial charge < -0.3 is 15.2 Å². The molecule has 0 spiro atoms. The lowest BCUT2D eigenvalue weighted by Gasteiger charge is -2.31.